The Hall–Kier alpha value is -1.52. The molecule has 0 atom stereocenters. The van der Waals surface area contributed by atoms with E-state index in [1.165, 1.54) is 19.3 Å². The van der Waals surface area contributed by atoms with Gasteiger partial charge in [0.2, 0.25) is 5.75 Å². The molecule has 0 aliphatic rings. The van der Waals surface area contributed by atoms with E-state index in [4.69, 9.17) is 4.74 Å². The van der Waals surface area contributed by atoms with Crippen molar-refractivity contribution < 1.29 is 4.74 Å². The van der Waals surface area contributed by atoms with Crippen LogP contribution in [0.25, 0.3) is 0 Å². The quantitative estimate of drug-likeness (QED) is 0.636. The van der Waals surface area contributed by atoms with Gasteiger partial charge >= 0.3 is 0 Å². The molecular weight excluding hydrogens is 240 g/mol. The lowest BCUT2D eigenvalue weighted by Crippen LogP contribution is -2.09. The van der Waals surface area contributed by atoms with Gasteiger partial charge in [0, 0.05) is 13.1 Å². The number of anilines is 2. The SMILES string of the molecule is CCCCCCNc1ncnc(NCCC)c1OC. The van der Waals surface area contributed by atoms with Crippen molar-refractivity contribution in [2.45, 2.75) is 46.0 Å². The highest BCUT2D eigenvalue weighted by Gasteiger charge is 2.10. The summed E-state index contributed by atoms with van der Waals surface area (Å²) in [5.41, 5.74) is 0. The molecular formula is C14H26N4O. The van der Waals surface area contributed by atoms with E-state index in [0.717, 1.165) is 37.6 Å². The Kier molecular flexibility index (Phi) is 7.70. The van der Waals surface area contributed by atoms with Gasteiger partial charge in [0.15, 0.2) is 11.6 Å². The normalized spacial score (nSPS) is 10.3. The molecule has 2 N–H and O–H groups in total. The molecule has 1 aromatic heterocycles. The highest BCUT2D eigenvalue weighted by atomic mass is 16.5. The number of hydrogen-bond donors (Lipinski definition) is 2. The fourth-order valence-corrected chi connectivity index (χ4v) is 1.82. The lowest BCUT2D eigenvalue weighted by Gasteiger charge is -2.13. The third kappa shape index (κ3) is 5.32. The van der Waals surface area contributed by atoms with Gasteiger partial charge in [-0.1, -0.05) is 33.1 Å². The monoisotopic (exact) mass is 266 g/mol. The molecule has 0 fully saturated rings. The molecule has 0 radical (unpaired) electrons. The minimum atomic E-state index is 0.700. The molecule has 0 unspecified atom stereocenters. The van der Waals surface area contributed by atoms with E-state index < -0.39 is 0 Å². The Morgan fingerprint density at radius 1 is 0.947 bits per heavy atom. The van der Waals surface area contributed by atoms with Crippen molar-refractivity contribution in [3.05, 3.63) is 6.33 Å². The van der Waals surface area contributed by atoms with Crippen LogP contribution in [0.3, 0.4) is 0 Å². The van der Waals surface area contributed by atoms with Gasteiger partial charge in [-0.2, -0.15) is 0 Å². The molecule has 0 aromatic carbocycles. The van der Waals surface area contributed by atoms with Crippen LogP contribution in [0.5, 0.6) is 5.75 Å². The van der Waals surface area contributed by atoms with Crippen LogP contribution in [-0.2, 0) is 0 Å². The number of methoxy groups -OCH3 is 1. The van der Waals surface area contributed by atoms with Gasteiger partial charge in [0.05, 0.1) is 7.11 Å². The molecule has 0 saturated carbocycles. The van der Waals surface area contributed by atoms with E-state index in [2.05, 4.69) is 34.4 Å². The second-order valence-electron chi connectivity index (χ2n) is 4.52. The van der Waals surface area contributed by atoms with Crippen molar-refractivity contribution in [1.82, 2.24) is 9.97 Å². The fourth-order valence-electron chi connectivity index (χ4n) is 1.82. The summed E-state index contributed by atoms with van der Waals surface area (Å²) < 4.78 is 5.40. The van der Waals surface area contributed by atoms with E-state index in [0.29, 0.717) is 5.75 Å². The first kappa shape index (κ1) is 15.5. The highest BCUT2D eigenvalue weighted by Crippen LogP contribution is 2.28. The third-order valence-corrected chi connectivity index (χ3v) is 2.87. The molecule has 0 amide bonds. The molecule has 0 spiro atoms. The summed E-state index contributed by atoms with van der Waals surface area (Å²) in [7, 11) is 1.65. The van der Waals surface area contributed by atoms with Crippen molar-refractivity contribution in [3.8, 4) is 5.75 Å². The summed E-state index contributed by atoms with van der Waals surface area (Å²) in [6.07, 6.45) is 7.55. The number of nitrogens with one attached hydrogen (secondary N) is 2. The Morgan fingerprint density at radius 2 is 1.63 bits per heavy atom. The number of rotatable bonds is 10. The van der Waals surface area contributed by atoms with Crippen molar-refractivity contribution >= 4 is 11.6 Å². The molecule has 1 aromatic rings. The Bertz CT molecular complexity index is 357. The van der Waals surface area contributed by atoms with Crippen molar-refractivity contribution in [2.24, 2.45) is 0 Å². The molecule has 1 heterocycles. The zero-order valence-electron chi connectivity index (χ0n) is 12.3. The van der Waals surface area contributed by atoms with E-state index in [9.17, 15) is 0 Å². The molecule has 0 saturated heterocycles. The maximum atomic E-state index is 5.40. The van der Waals surface area contributed by atoms with Crippen LogP contribution < -0.4 is 15.4 Å². The molecule has 5 nitrogen and oxygen atoms in total. The maximum absolute atomic E-state index is 5.40. The fraction of sp³-hybridized carbons (Fsp3) is 0.714. The van der Waals surface area contributed by atoms with Crippen LogP contribution in [0.1, 0.15) is 46.0 Å². The zero-order chi connectivity index (χ0) is 13.9. The lowest BCUT2D eigenvalue weighted by molar-refractivity contribution is 0.414. The first-order valence-corrected chi connectivity index (χ1v) is 7.20. The Morgan fingerprint density at radius 3 is 2.21 bits per heavy atom. The highest BCUT2D eigenvalue weighted by molar-refractivity contribution is 5.63. The van der Waals surface area contributed by atoms with Gasteiger partial charge in [-0.25, -0.2) is 9.97 Å². The topological polar surface area (TPSA) is 59.1 Å². The second-order valence-corrected chi connectivity index (χ2v) is 4.52. The van der Waals surface area contributed by atoms with E-state index in [-0.39, 0.29) is 0 Å². The number of unbranched alkanes of at least 4 members (excludes halogenated alkanes) is 3. The van der Waals surface area contributed by atoms with E-state index >= 15 is 0 Å². The summed E-state index contributed by atoms with van der Waals surface area (Å²) in [5, 5.41) is 6.57. The molecule has 19 heavy (non-hydrogen) atoms. The van der Waals surface area contributed by atoms with E-state index in [1.54, 1.807) is 13.4 Å². The molecule has 5 heteroatoms. The molecule has 1 rings (SSSR count). The van der Waals surface area contributed by atoms with Gasteiger partial charge < -0.3 is 15.4 Å². The lowest BCUT2D eigenvalue weighted by atomic mass is 10.2. The summed E-state index contributed by atoms with van der Waals surface area (Å²) in [6.45, 7) is 6.13. The van der Waals surface area contributed by atoms with Gasteiger partial charge in [-0.15, -0.1) is 0 Å². The Balaban J connectivity index is 2.56. The smallest absolute Gasteiger partial charge is 0.204 e. The Labute approximate surface area is 116 Å². The average molecular weight is 266 g/mol. The van der Waals surface area contributed by atoms with Crippen molar-refractivity contribution in [1.29, 1.82) is 0 Å². The number of ether oxygens (including phenoxy) is 1. The summed E-state index contributed by atoms with van der Waals surface area (Å²) in [6, 6.07) is 0. The van der Waals surface area contributed by atoms with Gasteiger partial charge in [0.25, 0.3) is 0 Å². The van der Waals surface area contributed by atoms with Gasteiger partial charge in [-0.05, 0) is 12.8 Å². The third-order valence-electron chi connectivity index (χ3n) is 2.87. The van der Waals surface area contributed by atoms with Crippen LogP contribution in [0.4, 0.5) is 11.6 Å². The van der Waals surface area contributed by atoms with Crippen LogP contribution in [0.15, 0.2) is 6.33 Å². The zero-order valence-corrected chi connectivity index (χ0v) is 12.3. The minimum Gasteiger partial charge on any atom is -0.490 e. The molecule has 108 valence electrons. The predicted octanol–water partition coefficient (Wildman–Crippen LogP) is 3.30. The number of hydrogen-bond acceptors (Lipinski definition) is 5. The van der Waals surface area contributed by atoms with Crippen molar-refractivity contribution in [2.75, 3.05) is 30.8 Å². The molecule has 0 aliphatic carbocycles. The van der Waals surface area contributed by atoms with Crippen LogP contribution in [0, 0.1) is 0 Å². The van der Waals surface area contributed by atoms with Gasteiger partial charge in [-0.3, -0.25) is 0 Å². The first-order valence-electron chi connectivity index (χ1n) is 7.20. The van der Waals surface area contributed by atoms with Crippen LogP contribution in [-0.4, -0.2) is 30.2 Å². The number of aromatic nitrogens is 2. The molecule has 0 bridgehead atoms. The summed E-state index contributed by atoms with van der Waals surface area (Å²) in [5.74, 6) is 2.23. The van der Waals surface area contributed by atoms with Crippen LogP contribution >= 0.6 is 0 Å². The van der Waals surface area contributed by atoms with Gasteiger partial charge in [0.1, 0.15) is 6.33 Å². The van der Waals surface area contributed by atoms with Crippen molar-refractivity contribution in [3.63, 3.8) is 0 Å². The number of nitrogens with zero attached hydrogens (tertiary/aromatic N) is 2. The summed E-state index contributed by atoms with van der Waals surface area (Å²) in [4.78, 5) is 8.47. The average Bonchev–Trinajstić information content (AvgIpc) is 2.44. The standard InChI is InChI=1S/C14H26N4O/c1-4-6-7-8-10-16-14-12(19-3)13(15-9-5-2)17-11-18-14/h11H,4-10H2,1-3H3,(H2,15,16,17,18). The molecule has 0 aliphatic heterocycles. The van der Waals surface area contributed by atoms with E-state index in [1.807, 2.05) is 0 Å². The first-order chi connectivity index (χ1) is 9.33. The largest absolute Gasteiger partial charge is 0.490 e. The minimum absolute atomic E-state index is 0.700. The van der Waals surface area contributed by atoms with Crippen LogP contribution in [0.2, 0.25) is 0 Å². The summed E-state index contributed by atoms with van der Waals surface area (Å²) >= 11 is 0. The predicted molar refractivity (Wildman–Crippen MR) is 80.0 cm³/mol. The second kappa shape index (κ2) is 9.42. The maximum Gasteiger partial charge on any atom is 0.204 e.